The van der Waals surface area contributed by atoms with Crippen molar-refractivity contribution in [2.45, 2.75) is 25.4 Å². The summed E-state index contributed by atoms with van der Waals surface area (Å²) in [7, 11) is 1.71. The van der Waals surface area contributed by atoms with Crippen molar-refractivity contribution in [3.05, 3.63) is 40.5 Å². The Hall–Kier alpha value is -2.71. The molecule has 2 aromatic heterocycles. The summed E-state index contributed by atoms with van der Waals surface area (Å²) in [6, 6.07) is 6.08. The summed E-state index contributed by atoms with van der Waals surface area (Å²) in [6.07, 6.45) is 6.46. The number of benzene rings is 1. The number of amides is 1. The van der Waals surface area contributed by atoms with Gasteiger partial charge in [0.15, 0.2) is 5.01 Å². The summed E-state index contributed by atoms with van der Waals surface area (Å²) in [5, 5.41) is 7.41. The molecule has 29 heavy (non-hydrogen) atoms. The Morgan fingerprint density at radius 3 is 3.14 bits per heavy atom. The summed E-state index contributed by atoms with van der Waals surface area (Å²) < 4.78 is 11.5. The van der Waals surface area contributed by atoms with Gasteiger partial charge in [-0.1, -0.05) is 6.07 Å². The maximum absolute atomic E-state index is 13.1. The van der Waals surface area contributed by atoms with Crippen LogP contribution in [0.1, 0.15) is 27.5 Å². The number of hydrogen-bond acceptors (Lipinski definition) is 6. The average Bonchev–Trinajstić information content (AvgIpc) is 3.41. The Bertz CT molecular complexity index is 1030. The number of hydrogen-bond donors (Lipinski definition) is 1. The van der Waals surface area contributed by atoms with Crippen molar-refractivity contribution < 1.29 is 14.3 Å². The van der Waals surface area contributed by atoms with Gasteiger partial charge in [0.2, 0.25) is 0 Å². The van der Waals surface area contributed by atoms with E-state index in [0.29, 0.717) is 18.2 Å². The second kappa shape index (κ2) is 7.61. The minimum Gasteiger partial charge on any atom is -0.492 e. The first-order chi connectivity index (χ1) is 14.2. The first-order valence-corrected chi connectivity index (χ1v) is 10.6. The van der Waals surface area contributed by atoms with Crippen molar-refractivity contribution in [2.24, 2.45) is 0 Å². The van der Waals surface area contributed by atoms with E-state index >= 15 is 0 Å². The average molecular weight is 410 g/mol. The molecule has 0 radical (unpaired) electrons. The molecule has 150 valence electrons. The van der Waals surface area contributed by atoms with E-state index in [1.54, 1.807) is 13.3 Å². The number of carbonyl (C=O) groups is 1. The van der Waals surface area contributed by atoms with Gasteiger partial charge >= 0.3 is 0 Å². The number of fused-ring (bicyclic) bond motifs is 3. The van der Waals surface area contributed by atoms with Gasteiger partial charge in [0.05, 0.1) is 24.6 Å². The number of aromatic nitrogens is 3. The standard InChI is InChI=1S/C21H22N4O3S/c1-27-15-3-2-7-25(12-15)21(26)20-24-19-16-5-4-13(14-10-22-23-11-14)9-17(16)28-8-6-18(19)29-20/h4-5,9-11,15H,2-3,6-8,12H2,1H3,(H,22,23)/t15-/m1/s1. The van der Waals surface area contributed by atoms with Crippen LogP contribution >= 0.6 is 11.3 Å². The molecule has 8 heteroatoms. The maximum atomic E-state index is 13.1. The molecule has 7 nitrogen and oxygen atoms in total. The van der Waals surface area contributed by atoms with Crippen LogP contribution in [0.5, 0.6) is 5.75 Å². The van der Waals surface area contributed by atoms with Crippen LogP contribution in [0.4, 0.5) is 0 Å². The number of carbonyl (C=O) groups excluding carboxylic acids is 1. The Kier molecular flexibility index (Phi) is 4.81. The maximum Gasteiger partial charge on any atom is 0.282 e. The normalized spacial score (nSPS) is 18.5. The molecule has 4 heterocycles. The first-order valence-electron chi connectivity index (χ1n) is 9.81. The Morgan fingerprint density at radius 2 is 2.31 bits per heavy atom. The lowest BCUT2D eigenvalue weighted by Gasteiger charge is -2.31. The summed E-state index contributed by atoms with van der Waals surface area (Å²) in [6.45, 7) is 1.96. The Labute approximate surface area is 172 Å². The Balaban J connectivity index is 1.46. The third-order valence-electron chi connectivity index (χ3n) is 5.53. The van der Waals surface area contributed by atoms with Crippen molar-refractivity contribution in [2.75, 3.05) is 26.8 Å². The van der Waals surface area contributed by atoms with Crippen LogP contribution in [0.25, 0.3) is 22.4 Å². The first kappa shape index (κ1) is 18.3. The second-order valence-corrected chi connectivity index (χ2v) is 8.42. The van der Waals surface area contributed by atoms with E-state index < -0.39 is 0 Å². The molecule has 1 N–H and O–H groups in total. The van der Waals surface area contributed by atoms with Crippen LogP contribution in [-0.4, -0.2) is 58.9 Å². The lowest BCUT2D eigenvalue weighted by atomic mass is 10.0. The smallest absolute Gasteiger partial charge is 0.282 e. The third kappa shape index (κ3) is 3.42. The van der Waals surface area contributed by atoms with Crippen molar-refractivity contribution in [3.63, 3.8) is 0 Å². The van der Waals surface area contributed by atoms with Gasteiger partial charge in [-0.25, -0.2) is 4.98 Å². The molecule has 2 aliphatic heterocycles. The number of rotatable bonds is 3. The van der Waals surface area contributed by atoms with E-state index in [1.807, 2.05) is 29.3 Å². The van der Waals surface area contributed by atoms with E-state index in [1.165, 1.54) is 11.3 Å². The molecule has 1 saturated heterocycles. The zero-order valence-electron chi connectivity index (χ0n) is 16.2. The lowest BCUT2D eigenvalue weighted by molar-refractivity contribution is 0.0269. The van der Waals surface area contributed by atoms with Crippen LogP contribution in [0.15, 0.2) is 30.6 Å². The van der Waals surface area contributed by atoms with Crippen molar-refractivity contribution in [3.8, 4) is 28.1 Å². The lowest BCUT2D eigenvalue weighted by Crippen LogP contribution is -2.42. The molecule has 5 rings (SSSR count). The van der Waals surface area contributed by atoms with Gasteiger partial charge in [-0.05, 0) is 30.5 Å². The number of thiazole rings is 1. The summed E-state index contributed by atoms with van der Waals surface area (Å²) in [5.41, 5.74) is 3.84. The zero-order chi connectivity index (χ0) is 19.8. The summed E-state index contributed by atoms with van der Waals surface area (Å²) >= 11 is 1.49. The minimum absolute atomic E-state index is 0.00214. The van der Waals surface area contributed by atoms with Gasteiger partial charge in [0, 0.05) is 48.8 Å². The van der Waals surface area contributed by atoms with Crippen LogP contribution < -0.4 is 4.74 Å². The zero-order valence-corrected chi connectivity index (χ0v) is 17.0. The van der Waals surface area contributed by atoms with Gasteiger partial charge in [-0.15, -0.1) is 11.3 Å². The predicted molar refractivity (Wildman–Crippen MR) is 110 cm³/mol. The minimum atomic E-state index is 0.00214. The van der Waals surface area contributed by atoms with Crippen LogP contribution in [-0.2, 0) is 11.2 Å². The number of nitrogens with zero attached hydrogens (tertiary/aromatic N) is 3. The molecular formula is C21H22N4O3S. The van der Waals surface area contributed by atoms with Gasteiger partial charge < -0.3 is 14.4 Å². The topological polar surface area (TPSA) is 80.3 Å². The van der Waals surface area contributed by atoms with Crippen LogP contribution in [0, 0.1) is 0 Å². The SMILES string of the molecule is CO[C@@H]1CCCN(C(=O)c2nc3c(s2)CCOc2cc(-c4cn[nH]c4)ccc2-3)C1. The monoisotopic (exact) mass is 410 g/mol. The second-order valence-electron chi connectivity index (χ2n) is 7.34. The number of nitrogens with one attached hydrogen (secondary N) is 1. The van der Waals surface area contributed by atoms with Crippen molar-refractivity contribution in [1.82, 2.24) is 20.1 Å². The molecule has 0 bridgehead atoms. The molecule has 1 atom stereocenters. The number of H-pyrrole nitrogens is 1. The van der Waals surface area contributed by atoms with Crippen molar-refractivity contribution in [1.29, 1.82) is 0 Å². The molecule has 1 amide bonds. The highest BCUT2D eigenvalue weighted by atomic mass is 32.1. The fourth-order valence-electron chi connectivity index (χ4n) is 3.95. The third-order valence-corrected chi connectivity index (χ3v) is 6.64. The van der Waals surface area contributed by atoms with Gasteiger partial charge in [-0.3, -0.25) is 9.89 Å². The fraction of sp³-hybridized carbons (Fsp3) is 0.381. The number of piperidine rings is 1. The number of ether oxygens (including phenoxy) is 2. The van der Waals surface area contributed by atoms with Crippen molar-refractivity contribution >= 4 is 17.2 Å². The van der Waals surface area contributed by atoms with Gasteiger partial charge in [-0.2, -0.15) is 5.10 Å². The summed E-state index contributed by atoms with van der Waals surface area (Å²) in [5.74, 6) is 0.798. The summed E-state index contributed by atoms with van der Waals surface area (Å²) in [4.78, 5) is 20.8. The molecule has 0 unspecified atom stereocenters. The number of aromatic amines is 1. The molecule has 0 aliphatic carbocycles. The van der Waals surface area contributed by atoms with Gasteiger partial charge in [0.25, 0.3) is 5.91 Å². The van der Waals surface area contributed by atoms with E-state index in [9.17, 15) is 4.79 Å². The highest BCUT2D eigenvalue weighted by molar-refractivity contribution is 7.14. The highest BCUT2D eigenvalue weighted by Gasteiger charge is 2.29. The van der Waals surface area contributed by atoms with E-state index in [4.69, 9.17) is 14.5 Å². The highest BCUT2D eigenvalue weighted by Crippen LogP contribution is 2.40. The fourth-order valence-corrected chi connectivity index (χ4v) is 4.98. The van der Waals surface area contributed by atoms with E-state index in [2.05, 4.69) is 10.2 Å². The largest absolute Gasteiger partial charge is 0.492 e. The number of methoxy groups -OCH3 is 1. The van der Waals surface area contributed by atoms with Crippen LogP contribution in [0.3, 0.4) is 0 Å². The van der Waals surface area contributed by atoms with Crippen LogP contribution in [0.2, 0.25) is 0 Å². The van der Waals surface area contributed by atoms with E-state index in [-0.39, 0.29) is 12.0 Å². The molecule has 2 aliphatic rings. The predicted octanol–water partition coefficient (Wildman–Crippen LogP) is 3.39. The molecule has 1 fully saturated rings. The Morgan fingerprint density at radius 1 is 1.38 bits per heavy atom. The molecular weight excluding hydrogens is 388 g/mol. The molecule has 3 aromatic rings. The van der Waals surface area contributed by atoms with E-state index in [0.717, 1.165) is 58.8 Å². The molecule has 0 saturated carbocycles. The quantitative estimate of drug-likeness (QED) is 0.716. The molecule has 1 aromatic carbocycles. The van der Waals surface area contributed by atoms with Gasteiger partial charge in [0.1, 0.15) is 5.75 Å². The molecule has 0 spiro atoms. The number of likely N-dealkylation sites (tertiary alicyclic amines) is 1.